The van der Waals surface area contributed by atoms with Gasteiger partial charge in [-0.3, -0.25) is 9.59 Å². The number of carbonyl (C=O) groups is 3. The molecule has 0 aromatic heterocycles. The van der Waals surface area contributed by atoms with E-state index in [4.69, 9.17) is 52.4 Å². The molecule has 0 spiro atoms. The fourth-order valence-corrected chi connectivity index (χ4v) is 6.64. The van der Waals surface area contributed by atoms with Crippen molar-refractivity contribution < 1.29 is 66.8 Å². The van der Waals surface area contributed by atoms with Crippen molar-refractivity contribution in [3.63, 3.8) is 0 Å². The summed E-state index contributed by atoms with van der Waals surface area (Å²) in [6.07, 6.45) is 0.258. The fourth-order valence-electron chi connectivity index (χ4n) is 6.64. The lowest BCUT2D eigenvalue weighted by molar-refractivity contribution is -0.348. The summed E-state index contributed by atoms with van der Waals surface area (Å²) in [6, 6.07) is 21.4. The lowest BCUT2D eigenvalue weighted by Gasteiger charge is -2.25. The average Bonchev–Trinajstić information content (AvgIpc) is 3.58. The van der Waals surface area contributed by atoms with Gasteiger partial charge in [0.15, 0.2) is 27.2 Å². The normalized spacial score (nSPS) is 17.3. The Hall–Kier alpha value is -5.55. The summed E-state index contributed by atoms with van der Waals surface area (Å²) in [5.74, 6) is -1.00. The summed E-state index contributed by atoms with van der Waals surface area (Å²) < 4.78 is 49.9. The maximum Gasteiger partial charge on any atom is 0.339 e. The van der Waals surface area contributed by atoms with Crippen LogP contribution in [0.1, 0.15) is 78.4 Å². The summed E-state index contributed by atoms with van der Waals surface area (Å²) in [4.78, 5) is 53.4. The molecule has 4 aromatic rings. The van der Waals surface area contributed by atoms with Crippen molar-refractivity contribution in [3.8, 4) is 23.0 Å². The maximum absolute atomic E-state index is 14.9. The number of hydrogen-bond donors (Lipinski definition) is 1. The number of methoxy groups -OCH3 is 4. The predicted octanol–water partition coefficient (Wildman–Crippen LogP) is 5.88. The highest BCUT2D eigenvalue weighted by atomic mass is 17.2. The van der Waals surface area contributed by atoms with Crippen molar-refractivity contribution in [1.82, 2.24) is 5.32 Å². The van der Waals surface area contributed by atoms with Crippen LogP contribution in [0.2, 0.25) is 0 Å². The van der Waals surface area contributed by atoms with Crippen LogP contribution in [0.15, 0.2) is 78.9 Å². The van der Waals surface area contributed by atoms with Gasteiger partial charge in [0.05, 0.1) is 23.8 Å². The molecule has 6 rings (SSSR count). The molecule has 302 valence electrons. The molecule has 1 N–H and O–H groups in total. The Morgan fingerprint density at radius 2 is 1.32 bits per heavy atom. The zero-order valence-corrected chi connectivity index (χ0v) is 32.1. The Morgan fingerprint density at radius 1 is 0.684 bits per heavy atom. The first-order valence-electron chi connectivity index (χ1n) is 18.2. The molecule has 0 radical (unpaired) electrons. The molecule has 15 nitrogen and oxygen atoms in total. The Labute approximate surface area is 329 Å². The van der Waals surface area contributed by atoms with E-state index in [1.807, 2.05) is 24.3 Å². The van der Waals surface area contributed by atoms with Crippen molar-refractivity contribution >= 4 is 17.7 Å². The van der Waals surface area contributed by atoms with Crippen molar-refractivity contribution in [1.29, 1.82) is 0 Å². The second kappa shape index (κ2) is 20.0. The number of esters is 1. The summed E-state index contributed by atoms with van der Waals surface area (Å²) in [6.45, 7) is -0.207. The van der Waals surface area contributed by atoms with Crippen molar-refractivity contribution in [2.24, 2.45) is 0 Å². The number of ether oxygens (including phenoxy) is 9. The van der Waals surface area contributed by atoms with E-state index in [2.05, 4.69) is 5.32 Å². The number of amides is 1. The number of nitrogens with one attached hydrogen (secondary N) is 1. The van der Waals surface area contributed by atoms with Crippen LogP contribution in [-0.2, 0) is 39.9 Å². The first-order valence-corrected chi connectivity index (χ1v) is 18.2. The Morgan fingerprint density at radius 3 is 1.96 bits per heavy atom. The van der Waals surface area contributed by atoms with E-state index in [0.717, 1.165) is 11.1 Å². The van der Waals surface area contributed by atoms with E-state index >= 15 is 0 Å². The summed E-state index contributed by atoms with van der Waals surface area (Å²) in [7, 11) is 5.83. The van der Waals surface area contributed by atoms with E-state index in [1.165, 1.54) is 40.6 Å². The van der Waals surface area contributed by atoms with E-state index in [1.54, 1.807) is 42.5 Å². The second-order valence-electron chi connectivity index (χ2n) is 13.0. The van der Waals surface area contributed by atoms with Crippen molar-refractivity contribution in [3.05, 3.63) is 118 Å². The summed E-state index contributed by atoms with van der Waals surface area (Å²) >= 11 is 0. The Kier molecular flexibility index (Phi) is 14.5. The van der Waals surface area contributed by atoms with E-state index < -0.39 is 30.0 Å². The largest absolute Gasteiger partial charge is 0.468 e. The van der Waals surface area contributed by atoms with E-state index in [0.29, 0.717) is 42.7 Å². The zero-order valence-electron chi connectivity index (χ0n) is 32.1. The van der Waals surface area contributed by atoms with Gasteiger partial charge in [-0.05, 0) is 78.4 Å². The molecular formula is C42H45NO14. The monoisotopic (exact) mass is 787 g/mol. The van der Waals surface area contributed by atoms with Crippen LogP contribution >= 0.6 is 0 Å². The quantitative estimate of drug-likeness (QED) is 0.0518. The van der Waals surface area contributed by atoms with Crippen LogP contribution in [0.3, 0.4) is 0 Å². The van der Waals surface area contributed by atoms with Crippen molar-refractivity contribution in [2.45, 2.75) is 37.5 Å². The second-order valence-corrected chi connectivity index (χ2v) is 13.0. The molecule has 1 fully saturated rings. The molecule has 2 aliphatic rings. The van der Waals surface area contributed by atoms with Gasteiger partial charge in [0.1, 0.15) is 40.8 Å². The van der Waals surface area contributed by atoms with E-state index in [-0.39, 0.29) is 67.0 Å². The zero-order chi connectivity index (χ0) is 40.1. The number of rotatable bonds is 19. The van der Waals surface area contributed by atoms with Crippen LogP contribution in [0.5, 0.6) is 23.0 Å². The standard InChI is InChI=1S/C42H45NO14/c1-47-22-51-29-16-14-26(15-17-29)41(45)43-32-19-27-9-5-6-10-30(27)40(32)56-42(46)28-20-35(53-24-49-3)38(36(21-28)54-25-50-4)39(44)37-31(33-13-8-18-55-57-33)11-7-12-34(37)52-23-48-2/h5-7,9-12,14-17,20-21,32-33,40H,8,13,18-19,22-25H2,1-4H3,(H,43,45). The van der Waals surface area contributed by atoms with Gasteiger partial charge in [-0.15, -0.1) is 0 Å². The first-order chi connectivity index (χ1) is 27.9. The molecule has 3 atom stereocenters. The molecule has 0 bridgehead atoms. The molecule has 15 heteroatoms. The molecule has 1 saturated heterocycles. The van der Waals surface area contributed by atoms with Gasteiger partial charge in [-0.1, -0.05) is 36.4 Å². The van der Waals surface area contributed by atoms with Gasteiger partial charge in [-0.2, -0.15) is 0 Å². The molecule has 1 heterocycles. The molecule has 3 unspecified atom stereocenters. The number of hydrogen-bond acceptors (Lipinski definition) is 14. The highest BCUT2D eigenvalue weighted by molar-refractivity contribution is 6.15. The minimum atomic E-state index is -0.861. The molecule has 1 amide bonds. The van der Waals surface area contributed by atoms with Crippen LogP contribution < -0.4 is 24.3 Å². The third-order valence-corrected chi connectivity index (χ3v) is 9.21. The molecule has 4 aromatic carbocycles. The number of ketones is 1. The summed E-state index contributed by atoms with van der Waals surface area (Å²) in [5.41, 5.74) is 2.67. The smallest absolute Gasteiger partial charge is 0.339 e. The predicted molar refractivity (Wildman–Crippen MR) is 201 cm³/mol. The fraction of sp³-hybridized carbons (Fsp3) is 0.357. The van der Waals surface area contributed by atoms with Gasteiger partial charge in [0.2, 0.25) is 5.78 Å². The highest BCUT2D eigenvalue weighted by Crippen LogP contribution is 2.41. The molecule has 0 saturated carbocycles. The van der Waals surface area contributed by atoms with Crippen LogP contribution in [-0.4, -0.2) is 85.9 Å². The molecule has 57 heavy (non-hydrogen) atoms. The topological polar surface area (TPSA) is 165 Å². The summed E-state index contributed by atoms with van der Waals surface area (Å²) in [5, 5.41) is 3.04. The SMILES string of the molecule is COCOc1ccc(C(=O)NC2Cc3ccccc3C2OC(=O)c2cc(OCOC)c(C(=O)c3c(OCOC)cccc3C3CCCOO3)c(OCOC)c2)cc1. The first kappa shape index (κ1) is 41.1. The Bertz CT molecular complexity index is 1970. The van der Waals surface area contributed by atoms with Gasteiger partial charge >= 0.3 is 5.97 Å². The van der Waals surface area contributed by atoms with Crippen molar-refractivity contribution in [2.75, 3.05) is 62.2 Å². The third kappa shape index (κ3) is 9.89. The van der Waals surface area contributed by atoms with Gasteiger partial charge < -0.3 is 47.9 Å². The highest BCUT2D eigenvalue weighted by Gasteiger charge is 2.38. The minimum absolute atomic E-state index is 0.00184. The van der Waals surface area contributed by atoms with Crippen LogP contribution in [0.4, 0.5) is 0 Å². The van der Waals surface area contributed by atoms with Crippen LogP contribution in [0, 0.1) is 0 Å². The molecule has 1 aliphatic carbocycles. The molecular weight excluding hydrogens is 742 g/mol. The lowest BCUT2D eigenvalue weighted by Crippen LogP contribution is -2.39. The van der Waals surface area contributed by atoms with E-state index in [9.17, 15) is 14.4 Å². The van der Waals surface area contributed by atoms with Gasteiger partial charge in [0.25, 0.3) is 5.91 Å². The lowest BCUT2D eigenvalue weighted by atomic mass is 9.91. The number of carbonyl (C=O) groups excluding carboxylic acids is 3. The Balaban J connectivity index is 1.34. The van der Waals surface area contributed by atoms with Gasteiger partial charge in [-0.25, -0.2) is 14.6 Å². The molecule has 1 aliphatic heterocycles. The third-order valence-electron chi connectivity index (χ3n) is 9.21. The van der Waals surface area contributed by atoms with Gasteiger partial charge in [0, 0.05) is 34.0 Å². The van der Waals surface area contributed by atoms with Crippen LogP contribution in [0.25, 0.3) is 0 Å². The number of benzene rings is 4. The minimum Gasteiger partial charge on any atom is -0.468 e. The maximum atomic E-state index is 14.9. The number of fused-ring (bicyclic) bond motifs is 1. The average molecular weight is 788 g/mol.